The molecule has 0 aromatic carbocycles. The van der Waals surface area contributed by atoms with Gasteiger partial charge in [0.2, 0.25) is 11.6 Å². The number of carbonyl (C=O) groups excluding carboxylic acids is 2. The number of fused-ring (bicyclic) bond motifs is 3. The maximum atomic E-state index is 11.7. The number of hydrogen-bond donors (Lipinski definition) is 0. The van der Waals surface area contributed by atoms with E-state index in [1.165, 1.54) is 25.0 Å². The molecule has 0 amide bonds. The summed E-state index contributed by atoms with van der Waals surface area (Å²) in [6.45, 7) is 0. The molecule has 3 rings (SSSR count). The summed E-state index contributed by atoms with van der Waals surface area (Å²) in [7, 11) is 0. The highest BCUT2D eigenvalue weighted by Gasteiger charge is 2.32. The van der Waals surface area contributed by atoms with Crippen molar-refractivity contribution >= 4 is 11.6 Å². The first-order valence-corrected chi connectivity index (χ1v) is 4.48. The normalized spacial score (nSPS) is 13.2. The van der Waals surface area contributed by atoms with E-state index in [4.69, 9.17) is 0 Å². The Bertz CT molecular complexity index is 568. The van der Waals surface area contributed by atoms with Gasteiger partial charge in [-0.25, -0.2) is 19.9 Å². The van der Waals surface area contributed by atoms with Gasteiger partial charge in [-0.2, -0.15) is 0 Å². The maximum absolute atomic E-state index is 11.7. The SMILES string of the molecule is O=C1C(=O)c2cncnc2-c2ncncc21. The highest BCUT2D eigenvalue weighted by atomic mass is 16.2. The lowest BCUT2D eigenvalue weighted by Gasteiger charge is -2.13. The van der Waals surface area contributed by atoms with Crippen LogP contribution in [-0.4, -0.2) is 31.5 Å². The van der Waals surface area contributed by atoms with E-state index in [-0.39, 0.29) is 11.1 Å². The second-order valence-electron chi connectivity index (χ2n) is 3.23. The lowest BCUT2D eigenvalue weighted by Crippen LogP contribution is -2.23. The highest BCUT2D eigenvalue weighted by molar-refractivity contribution is 6.52. The summed E-state index contributed by atoms with van der Waals surface area (Å²) in [4.78, 5) is 38.8. The van der Waals surface area contributed by atoms with Crippen molar-refractivity contribution in [3.05, 3.63) is 36.2 Å². The number of nitrogens with zero attached hydrogens (tertiary/aromatic N) is 4. The number of Topliss-reactive ketones (excluding diaryl/α,β-unsaturated/α-hetero) is 2. The fourth-order valence-corrected chi connectivity index (χ4v) is 1.61. The zero-order valence-electron chi connectivity index (χ0n) is 7.91. The molecular formula is C10H4N4O2. The number of carbonyl (C=O) groups is 2. The zero-order chi connectivity index (χ0) is 11.1. The Balaban J connectivity index is 2.41. The molecule has 6 heteroatoms. The van der Waals surface area contributed by atoms with E-state index in [2.05, 4.69) is 19.9 Å². The van der Waals surface area contributed by atoms with Crippen molar-refractivity contribution in [2.75, 3.05) is 0 Å². The molecule has 2 heterocycles. The summed E-state index contributed by atoms with van der Waals surface area (Å²) in [5.41, 5.74) is 1.16. The number of hydrogen-bond acceptors (Lipinski definition) is 6. The van der Waals surface area contributed by atoms with E-state index in [1.54, 1.807) is 0 Å². The van der Waals surface area contributed by atoms with Crippen molar-refractivity contribution in [1.29, 1.82) is 0 Å². The first-order valence-electron chi connectivity index (χ1n) is 4.48. The molecule has 0 saturated heterocycles. The van der Waals surface area contributed by atoms with Gasteiger partial charge in [0.05, 0.1) is 11.1 Å². The van der Waals surface area contributed by atoms with E-state index in [1.807, 2.05) is 0 Å². The predicted octanol–water partition coefficient (Wildman–Crippen LogP) is 0.313. The highest BCUT2D eigenvalue weighted by Crippen LogP contribution is 2.28. The van der Waals surface area contributed by atoms with E-state index < -0.39 is 11.6 Å². The zero-order valence-corrected chi connectivity index (χ0v) is 7.91. The summed E-state index contributed by atoms with van der Waals surface area (Å²) in [5.74, 6) is -1.23. The molecule has 0 saturated carbocycles. The summed E-state index contributed by atoms with van der Waals surface area (Å²) in [6, 6.07) is 0. The second kappa shape index (κ2) is 2.99. The summed E-state index contributed by atoms with van der Waals surface area (Å²) in [6.07, 6.45) is 5.28. The molecule has 0 bridgehead atoms. The minimum Gasteiger partial charge on any atom is -0.285 e. The van der Waals surface area contributed by atoms with Crippen LogP contribution >= 0.6 is 0 Å². The van der Waals surface area contributed by atoms with Crippen molar-refractivity contribution in [1.82, 2.24) is 19.9 Å². The largest absolute Gasteiger partial charge is 0.285 e. The molecule has 6 nitrogen and oxygen atoms in total. The minimum absolute atomic E-state index is 0.193. The van der Waals surface area contributed by atoms with Crippen LogP contribution in [0.2, 0.25) is 0 Å². The van der Waals surface area contributed by atoms with Crippen molar-refractivity contribution in [2.45, 2.75) is 0 Å². The van der Waals surface area contributed by atoms with Crippen molar-refractivity contribution in [3.8, 4) is 11.4 Å². The van der Waals surface area contributed by atoms with Gasteiger partial charge in [0.15, 0.2) is 0 Å². The molecule has 0 fully saturated rings. The topological polar surface area (TPSA) is 85.7 Å². The number of ketones is 2. The quantitative estimate of drug-likeness (QED) is 0.584. The molecule has 0 aliphatic heterocycles. The molecule has 1 aliphatic rings. The second-order valence-corrected chi connectivity index (χ2v) is 3.23. The Morgan fingerprint density at radius 1 is 0.750 bits per heavy atom. The van der Waals surface area contributed by atoms with Gasteiger partial charge < -0.3 is 0 Å². The molecule has 16 heavy (non-hydrogen) atoms. The van der Waals surface area contributed by atoms with Crippen LogP contribution in [0.5, 0.6) is 0 Å². The van der Waals surface area contributed by atoms with Crippen molar-refractivity contribution < 1.29 is 9.59 Å². The third-order valence-corrected chi connectivity index (χ3v) is 2.34. The summed E-state index contributed by atoms with van der Waals surface area (Å²) in [5, 5.41) is 0. The minimum atomic E-state index is -0.613. The van der Waals surface area contributed by atoms with Crippen LogP contribution in [0.3, 0.4) is 0 Å². The van der Waals surface area contributed by atoms with Crippen LogP contribution in [0.1, 0.15) is 20.7 Å². The molecule has 0 atom stereocenters. The van der Waals surface area contributed by atoms with E-state index in [9.17, 15) is 9.59 Å². The smallest absolute Gasteiger partial charge is 0.237 e. The number of rotatable bonds is 0. The van der Waals surface area contributed by atoms with Gasteiger partial charge >= 0.3 is 0 Å². The van der Waals surface area contributed by atoms with Gasteiger partial charge in [-0.1, -0.05) is 0 Å². The Morgan fingerprint density at radius 3 is 1.62 bits per heavy atom. The fourth-order valence-electron chi connectivity index (χ4n) is 1.61. The average Bonchev–Trinajstić information content (AvgIpc) is 2.36. The van der Waals surface area contributed by atoms with Crippen LogP contribution in [0.25, 0.3) is 11.4 Å². The molecule has 0 unspecified atom stereocenters. The van der Waals surface area contributed by atoms with E-state index >= 15 is 0 Å². The van der Waals surface area contributed by atoms with E-state index in [0.717, 1.165) is 0 Å². The molecule has 0 radical (unpaired) electrons. The van der Waals surface area contributed by atoms with Crippen LogP contribution < -0.4 is 0 Å². The summed E-state index contributed by atoms with van der Waals surface area (Å²) < 4.78 is 0. The molecule has 0 N–H and O–H groups in total. The summed E-state index contributed by atoms with van der Waals surface area (Å²) >= 11 is 0. The Labute approximate surface area is 89.4 Å². The first kappa shape index (κ1) is 8.78. The molecule has 2 aromatic rings. The van der Waals surface area contributed by atoms with Crippen LogP contribution in [0.4, 0.5) is 0 Å². The van der Waals surface area contributed by atoms with Gasteiger partial charge in [-0.15, -0.1) is 0 Å². The molecule has 76 valence electrons. The van der Waals surface area contributed by atoms with Crippen molar-refractivity contribution in [3.63, 3.8) is 0 Å². The van der Waals surface area contributed by atoms with Gasteiger partial charge in [0, 0.05) is 12.4 Å². The third-order valence-electron chi connectivity index (χ3n) is 2.34. The van der Waals surface area contributed by atoms with Gasteiger partial charge in [0.25, 0.3) is 0 Å². The van der Waals surface area contributed by atoms with Crippen LogP contribution in [0, 0.1) is 0 Å². The fraction of sp³-hybridized carbons (Fsp3) is 0. The Kier molecular flexibility index (Phi) is 1.64. The third kappa shape index (κ3) is 1.01. The van der Waals surface area contributed by atoms with Gasteiger partial charge in [-0.3, -0.25) is 9.59 Å². The lowest BCUT2D eigenvalue weighted by molar-refractivity contribution is 0.0814. The number of aromatic nitrogens is 4. The molecule has 2 aromatic heterocycles. The lowest BCUT2D eigenvalue weighted by atomic mass is 9.92. The van der Waals surface area contributed by atoms with E-state index in [0.29, 0.717) is 11.4 Å². The monoisotopic (exact) mass is 212 g/mol. The standard InChI is InChI=1S/C10H4N4O2/c15-9-5-1-11-3-13-7(5)8-6(10(9)16)2-12-4-14-8/h1-4H. The van der Waals surface area contributed by atoms with Crippen LogP contribution in [-0.2, 0) is 0 Å². The average molecular weight is 212 g/mol. The first-order chi connectivity index (χ1) is 7.79. The maximum Gasteiger partial charge on any atom is 0.237 e. The Hall–Kier alpha value is -2.50. The molecule has 0 spiro atoms. The van der Waals surface area contributed by atoms with Crippen molar-refractivity contribution in [2.24, 2.45) is 0 Å². The molecular weight excluding hydrogens is 208 g/mol. The Morgan fingerprint density at radius 2 is 1.19 bits per heavy atom. The molecule has 1 aliphatic carbocycles. The van der Waals surface area contributed by atoms with Gasteiger partial charge in [0.1, 0.15) is 24.0 Å². The van der Waals surface area contributed by atoms with Gasteiger partial charge in [-0.05, 0) is 0 Å². The predicted molar refractivity (Wildman–Crippen MR) is 51.7 cm³/mol. The van der Waals surface area contributed by atoms with Crippen LogP contribution in [0.15, 0.2) is 25.0 Å².